The summed E-state index contributed by atoms with van der Waals surface area (Å²) in [5.41, 5.74) is 9.66. The van der Waals surface area contributed by atoms with Crippen LogP contribution in [-0.4, -0.2) is 34.5 Å². The molecule has 0 spiro atoms. The van der Waals surface area contributed by atoms with E-state index in [1.165, 1.54) is 84.4 Å². The minimum atomic E-state index is 0. The van der Waals surface area contributed by atoms with E-state index in [9.17, 15) is 0 Å². The van der Waals surface area contributed by atoms with E-state index in [2.05, 4.69) is 52.7 Å². The highest BCUT2D eigenvalue weighted by Gasteiger charge is 2.30. The van der Waals surface area contributed by atoms with Gasteiger partial charge in [0.2, 0.25) is 0 Å². The number of nitrogens with zero attached hydrogens (tertiary/aromatic N) is 3. The molecule has 1 N–H and O–H groups in total. The highest BCUT2D eigenvalue weighted by molar-refractivity contribution is 5.77. The third kappa shape index (κ3) is 4.54. The summed E-state index contributed by atoms with van der Waals surface area (Å²) in [6, 6.07) is 15.9. The van der Waals surface area contributed by atoms with Crippen molar-refractivity contribution in [3.05, 3.63) is 82.9 Å². The zero-order valence-corrected chi connectivity index (χ0v) is 19.5. The molecule has 0 bridgehead atoms. The number of piperidine rings is 1. The topological polar surface area (TPSA) is 41.1 Å². The number of fused-ring (bicyclic) bond motifs is 4. The molecule has 3 heterocycles. The number of hydrogen-bond acceptors (Lipinski definition) is 4. The van der Waals surface area contributed by atoms with Gasteiger partial charge in [0.1, 0.15) is 0 Å². The largest absolute Gasteiger partial charge is 0.317 e. The Labute approximate surface area is 204 Å². The van der Waals surface area contributed by atoms with Gasteiger partial charge in [-0.2, -0.15) is 0 Å². The van der Waals surface area contributed by atoms with Crippen LogP contribution in [0.1, 0.15) is 73.7 Å². The van der Waals surface area contributed by atoms with Crippen molar-refractivity contribution >= 4 is 0 Å². The number of rotatable bonds is 6. The molecule has 0 saturated carbocycles. The van der Waals surface area contributed by atoms with Crippen LogP contribution >= 0.6 is 0 Å². The lowest BCUT2D eigenvalue weighted by Gasteiger charge is -2.36. The molecule has 34 heavy (non-hydrogen) atoms. The highest BCUT2D eigenvalue weighted by atomic mass is 15.2. The van der Waals surface area contributed by atoms with Gasteiger partial charge in [0.05, 0.1) is 17.4 Å². The SMILES string of the molecule is C.c1ccc2c(c1)Cc1c-2ccnc1CN(CCC1CCNCC1)C1CCCc2cccnc21. The van der Waals surface area contributed by atoms with Crippen LogP contribution in [0.5, 0.6) is 0 Å². The molecule has 1 aliphatic heterocycles. The summed E-state index contributed by atoms with van der Waals surface area (Å²) >= 11 is 0. The molecule has 2 aliphatic carbocycles. The molecule has 1 atom stereocenters. The second-order valence-corrected chi connectivity index (χ2v) is 10.0. The number of nitrogens with one attached hydrogen (secondary N) is 1. The van der Waals surface area contributed by atoms with Gasteiger partial charge in [0, 0.05) is 25.4 Å². The van der Waals surface area contributed by atoms with Crippen LogP contribution in [-0.2, 0) is 19.4 Å². The maximum absolute atomic E-state index is 4.95. The molecule has 6 rings (SSSR count). The Kier molecular flexibility index (Phi) is 7.07. The smallest absolute Gasteiger partial charge is 0.0607 e. The quantitative estimate of drug-likeness (QED) is 0.391. The number of hydrogen-bond donors (Lipinski definition) is 1. The molecule has 1 fully saturated rings. The molecule has 3 aliphatic rings. The fourth-order valence-electron chi connectivity index (χ4n) is 6.25. The third-order valence-corrected chi connectivity index (χ3v) is 8.06. The molecule has 178 valence electrons. The van der Waals surface area contributed by atoms with Crippen LogP contribution in [0.2, 0.25) is 0 Å². The van der Waals surface area contributed by atoms with E-state index in [4.69, 9.17) is 9.97 Å². The fraction of sp³-hybridized carbons (Fsp3) is 0.467. The first-order valence-corrected chi connectivity index (χ1v) is 12.8. The molecule has 1 aromatic carbocycles. The van der Waals surface area contributed by atoms with Gasteiger partial charge < -0.3 is 5.32 Å². The Hall–Kier alpha value is -2.56. The van der Waals surface area contributed by atoms with E-state index in [0.717, 1.165) is 31.8 Å². The van der Waals surface area contributed by atoms with Crippen molar-refractivity contribution in [1.29, 1.82) is 0 Å². The lowest BCUT2D eigenvalue weighted by molar-refractivity contribution is 0.147. The minimum absolute atomic E-state index is 0. The van der Waals surface area contributed by atoms with Crippen molar-refractivity contribution < 1.29 is 0 Å². The van der Waals surface area contributed by atoms with E-state index in [1.807, 2.05) is 12.4 Å². The van der Waals surface area contributed by atoms with E-state index >= 15 is 0 Å². The molecule has 2 aromatic heterocycles. The van der Waals surface area contributed by atoms with Gasteiger partial charge in [-0.1, -0.05) is 37.8 Å². The van der Waals surface area contributed by atoms with Crippen LogP contribution < -0.4 is 5.32 Å². The van der Waals surface area contributed by atoms with E-state index in [0.29, 0.717) is 6.04 Å². The van der Waals surface area contributed by atoms with Crippen molar-refractivity contribution in [1.82, 2.24) is 20.2 Å². The Morgan fingerprint density at radius 3 is 2.65 bits per heavy atom. The lowest BCUT2D eigenvalue weighted by atomic mass is 9.89. The van der Waals surface area contributed by atoms with Crippen LogP contribution in [0.4, 0.5) is 0 Å². The van der Waals surface area contributed by atoms with Crippen LogP contribution in [0.15, 0.2) is 54.9 Å². The summed E-state index contributed by atoms with van der Waals surface area (Å²) in [4.78, 5) is 12.6. The van der Waals surface area contributed by atoms with Gasteiger partial charge >= 0.3 is 0 Å². The third-order valence-electron chi connectivity index (χ3n) is 8.06. The Balaban J connectivity index is 0.00000241. The van der Waals surface area contributed by atoms with Gasteiger partial charge in [-0.25, -0.2) is 0 Å². The summed E-state index contributed by atoms with van der Waals surface area (Å²) in [7, 11) is 0. The summed E-state index contributed by atoms with van der Waals surface area (Å²) < 4.78 is 0. The van der Waals surface area contributed by atoms with E-state index in [-0.39, 0.29) is 7.43 Å². The van der Waals surface area contributed by atoms with Crippen molar-refractivity contribution in [2.24, 2.45) is 5.92 Å². The first kappa shape index (κ1) is 23.2. The normalized spacial score (nSPS) is 19.3. The monoisotopic (exact) mass is 454 g/mol. The van der Waals surface area contributed by atoms with Crippen molar-refractivity contribution in [3.63, 3.8) is 0 Å². The molecule has 1 unspecified atom stereocenters. The number of aryl methyl sites for hydroxylation is 1. The Bertz CT molecular complexity index is 1120. The molecule has 4 nitrogen and oxygen atoms in total. The Morgan fingerprint density at radius 1 is 0.882 bits per heavy atom. The fourth-order valence-corrected chi connectivity index (χ4v) is 6.25. The highest BCUT2D eigenvalue weighted by Crippen LogP contribution is 2.39. The van der Waals surface area contributed by atoms with Crippen LogP contribution in [0, 0.1) is 5.92 Å². The second-order valence-electron chi connectivity index (χ2n) is 10.0. The number of benzene rings is 1. The molecular formula is C30H38N4. The van der Waals surface area contributed by atoms with Crippen molar-refractivity contribution in [3.8, 4) is 11.1 Å². The molecular weight excluding hydrogens is 416 g/mol. The molecule has 0 radical (unpaired) electrons. The second kappa shape index (κ2) is 10.4. The summed E-state index contributed by atoms with van der Waals surface area (Å²) in [5, 5.41) is 3.52. The zero-order valence-electron chi connectivity index (χ0n) is 19.5. The standard InChI is InChI=1S/C29H34N4.CH4/c1-2-8-24-23(5-1)19-26-25(24)12-17-31-27(26)20-33(18-13-21-10-15-30-16-11-21)28-9-3-6-22-7-4-14-32-29(22)28;/h1-2,4-5,7-8,12,14,17,21,28,30H,3,6,9-11,13,15-16,18-20H2;1H4. The minimum Gasteiger partial charge on any atom is -0.317 e. The first-order chi connectivity index (χ1) is 16.4. The van der Waals surface area contributed by atoms with Crippen molar-refractivity contribution in [2.45, 2.75) is 65.0 Å². The summed E-state index contributed by atoms with van der Waals surface area (Å²) in [5.74, 6) is 0.833. The molecule has 1 saturated heterocycles. The maximum atomic E-state index is 4.95. The molecule has 0 amide bonds. The predicted octanol–water partition coefficient (Wildman–Crippen LogP) is 5.95. The van der Waals surface area contributed by atoms with Gasteiger partial charge in [0.25, 0.3) is 0 Å². The van der Waals surface area contributed by atoms with Crippen LogP contribution in [0.25, 0.3) is 11.1 Å². The van der Waals surface area contributed by atoms with E-state index < -0.39 is 0 Å². The van der Waals surface area contributed by atoms with E-state index in [1.54, 1.807) is 0 Å². The lowest BCUT2D eigenvalue weighted by Crippen LogP contribution is -2.35. The van der Waals surface area contributed by atoms with Gasteiger partial charge in [-0.05, 0) is 104 Å². The van der Waals surface area contributed by atoms with Gasteiger partial charge in [-0.15, -0.1) is 0 Å². The first-order valence-electron chi connectivity index (χ1n) is 12.8. The summed E-state index contributed by atoms with van der Waals surface area (Å²) in [6.45, 7) is 4.39. The predicted molar refractivity (Wildman–Crippen MR) is 140 cm³/mol. The number of pyridine rings is 2. The summed E-state index contributed by atoms with van der Waals surface area (Å²) in [6.07, 6.45) is 12.5. The maximum Gasteiger partial charge on any atom is 0.0607 e. The average molecular weight is 455 g/mol. The van der Waals surface area contributed by atoms with Gasteiger partial charge in [-0.3, -0.25) is 14.9 Å². The average Bonchev–Trinajstić information content (AvgIpc) is 3.26. The molecule has 4 heteroatoms. The van der Waals surface area contributed by atoms with Gasteiger partial charge in [0.15, 0.2) is 0 Å². The Morgan fingerprint density at radius 2 is 1.74 bits per heavy atom. The zero-order chi connectivity index (χ0) is 22.0. The van der Waals surface area contributed by atoms with Crippen molar-refractivity contribution in [2.75, 3.05) is 19.6 Å². The van der Waals surface area contributed by atoms with Crippen LogP contribution in [0.3, 0.4) is 0 Å². The molecule has 3 aromatic rings. The number of aromatic nitrogens is 2.